The molecule has 1 saturated heterocycles. The van der Waals surface area contributed by atoms with Crippen molar-refractivity contribution in [1.82, 2.24) is 5.32 Å². The van der Waals surface area contributed by atoms with Crippen LogP contribution in [0.5, 0.6) is 0 Å². The van der Waals surface area contributed by atoms with Crippen LogP contribution in [0.2, 0.25) is 0 Å². The third-order valence-corrected chi connectivity index (χ3v) is 3.41. The minimum Gasteiger partial charge on any atom is -0.381 e. The Labute approximate surface area is 74.7 Å². The molecular formula is C10H19NO. The third kappa shape index (κ3) is 1.50. The molecule has 0 radical (unpaired) electrons. The van der Waals surface area contributed by atoms with Gasteiger partial charge in [0.05, 0.1) is 6.10 Å². The van der Waals surface area contributed by atoms with Gasteiger partial charge in [0.15, 0.2) is 0 Å². The lowest BCUT2D eigenvalue weighted by molar-refractivity contribution is -0.0101. The minimum atomic E-state index is 0.550. The second-order valence-corrected chi connectivity index (χ2v) is 4.16. The molecule has 0 spiro atoms. The summed E-state index contributed by atoms with van der Waals surface area (Å²) < 4.78 is 5.60. The van der Waals surface area contributed by atoms with Crippen molar-refractivity contribution >= 4 is 0 Å². The van der Waals surface area contributed by atoms with E-state index < -0.39 is 0 Å². The fraction of sp³-hybridized carbons (Fsp3) is 1.00. The van der Waals surface area contributed by atoms with Crippen LogP contribution in [-0.4, -0.2) is 26.3 Å². The number of rotatable bonds is 3. The van der Waals surface area contributed by atoms with Crippen LogP contribution in [0.4, 0.5) is 0 Å². The van der Waals surface area contributed by atoms with Crippen LogP contribution < -0.4 is 5.32 Å². The van der Waals surface area contributed by atoms with E-state index in [2.05, 4.69) is 5.32 Å². The molecule has 2 heteroatoms. The Balaban J connectivity index is 1.87. The van der Waals surface area contributed by atoms with Gasteiger partial charge >= 0.3 is 0 Å². The van der Waals surface area contributed by atoms with Gasteiger partial charge in [-0.05, 0) is 18.8 Å². The molecule has 2 rings (SSSR count). The van der Waals surface area contributed by atoms with Crippen LogP contribution in [0.25, 0.3) is 0 Å². The van der Waals surface area contributed by atoms with Gasteiger partial charge in [-0.1, -0.05) is 12.8 Å². The Morgan fingerprint density at radius 1 is 1.17 bits per heavy atom. The van der Waals surface area contributed by atoms with E-state index in [9.17, 15) is 0 Å². The highest BCUT2D eigenvalue weighted by molar-refractivity contribution is 4.88. The van der Waals surface area contributed by atoms with Gasteiger partial charge in [0, 0.05) is 26.1 Å². The SMILES string of the molecule is COC(C1CCCC1)C1CNC1. The molecule has 2 aliphatic rings. The van der Waals surface area contributed by atoms with E-state index in [1.165, 1.54) is 38.8 Å². The van der Waals surface area contributed by atoms with E-state index in [-0.39, 0.29) is 0 Å². The van der Waals surface area contributed by atoms with Gasteiger partial charge in [-0.25, -0.2) is 0 Å². The van der Waals surface area contributed by atoms with E-state index >= 15 is 0 Å². The molecule has 70 valence electrons. The van der Waals surface area contributed by atoms with E-state index in [1.54, 1.807) is 0 Å². The van der Waals surface area contributed by atoms with Crippen molar-refractivity contribution < 1.29 is 4.74 Å². The Morgan fingerprint density at radius 2 is 1.83 bits per heavy atom. The lowest BCUT2D eigenvalue weighted by atomic mass is 9.86. The zero-order valence-electron chi connectivity index (χ0n) is 7.88. The summed E-state index contributed by atoms with van der Waals surface area (Å²) in [6.45, 7) is 2.35. The van der Waals surface area contributed by atoms with Gasteiger partial charge in [0.1, 0.15) is 0 Å². The summed E-state index contributed by atoms with van der Waals surface area (Å²) in [7, 11) is 1.88. The molecule has 12 heavy (non-hydrogen) atoms. The second kappa shape index (κ2) is 3.75. The first-order chi connectivity index (χ1) is 5.92. The van der Waals surface area contributed by atoms with E-state index in [0.29, 0.717) is 6.10 Å². The van der Waals surface area contributed by atoms with Crippen LogP contribution in [0.1, 0.15) is 25.7 Å². The largest absolute Gasteiger partial charge is 0.381 e. The predicted octanol–water partition coefficient (Wildman–Crippen LogP) is 1.41. The topological polar surface area (TPSA) is 21.3 Å². The molecule has 1 aliphatic carbocycles. The molecule has 0 aromatic carbocycles. The van der Waals surface area contributed by atoms with Crippen molar-refractivity contribution in [2.45, 2.75) is 31.8 Å². The van der Waals surface area contributed by atoms with Crippen molar-refractivity contribution in [3.8, 4) is 0 Å². The Morgan fingerprint density at radius 3 is 2.25 bits per heavy atom. The quantitative estimate of drug-likeness (QED) is 0.689. The first-order valence-electron chi connectivity index (χ1n) is 5.15. The van der Waals surface area contributed by atoms with Crippen molar-refractivity contribution in [2.24, 2.45) is 11.8 Å². The summed E-state index contributed by atoms with van der Waals surface area (Å²) in [5.74, 6) is 1.67. The zero-order chi connectivity index (χ0) is 8.39. The van der Waals surface area contributed by atoms with Crippen molar-refractivity contribution in [2.75, 3.05) is 20.2 Å². The molecule has 1 N–H and O–H groups in total. The molecule has 2 nitrogen and oxygen atoms in total. The summed E-state index contributed by atoms with van der Waals surface area (Å²) in [5.41, 5.74) is 0. The van der Waals surface area contributed by atoms with Gasteiger partial charge in [0.25, 0.3) is 0 Å². The highest BCUT2D eigenvalue weighted by Crippen LogP contribution is 2.33. The number of methoxy groups -OCH3 is 1. The van der Waals surface area contributed by atoms with Crippen LogP contribution in [-0.2, 0) is 4.74 Å². The molecule has 1 aliphatic heterocycles. The summed E-state index contributed by atoms with van der Waals surface area (Å²) in [6.07, 6.45) is 6.19. The van der Waals surface area contributed by atoms with E-state index in [4.69, 9.17) is 4.74 Å². The predicted molar refractivity (Wildman–Crippen MR) is 49.1 cm³/mol. The molecule has 0 amide bonds. The molecule has 1 saturated carbocycles. The number of hydrogen-bond donors (Lipinski definition) is 1. The van der Waals surface area contributed by atoms with Gasteiger partial charge in [-0.15, -0.1) is 0 Å². The average molecular weight is 169 g/mol. The molecular weight excluding hydrogens is 150 g/mol. The highest BCUT2D eigenvalue weighted by atomic mass is 16.5. The van der Waals surface area contributed by atoms with Crippen LogP contribution in [0.15, 0.2) is 0 Å². The van der Waals surface area contributed by atoms with Crippen molar-refractivity contribution in [3.05, 3.63) is 0 Å². The summed E-state index contributed by atoms with van der Waals surface area (Å²) in [4.78, 5) is 0. The second-order valence-electron chi connectivity index (χ2n) is 4.16. The average Bonchev–Trinajstić information content (AvgIpc) is 2.47. The smallest absolute Gasteiger partial charge is 0.0651 e. The van der Waals surface area contributed by atoms with Gasteiger partial charge in [-0.2, -0.15) is 0 Å². The first kappa shape index (κ1) is 8.52. The number of hydrogen-bond acceptors (Lipinski definition) is 2. The molecule has 2 fully saturated rings. The number of nitrogens with one attached hydrogen (secondary N) is 1. The third-order valence-electron chi connectivity index (χ3n) is 3.41. The van der Waals surface area contributed by atoms with Crippen molar-refractivity contribution in [1.29, 1.82) is 0 Å². The number of ether oxygens (including phenoxy) is 1. The molecule has 0 aromatic heterocycles. The standard InChI is InChI=1S/C10H19NO/c1-12-10(9-6-11-7-9)8-4-2-3-5-8/h8-11H,2-7H2,1H3. The summed E-state index contributed by atoms with van der Waals surface area (Å²) in [6, 6.07) is 0. The fourth-order valence-electron chi connectivity index (χ4n) is 2.60. The Hall–Kier alpha value is -0.0800. The molecule has 1 unspecified atom stereocenters. The Bertz CT molecular complexity index is 139. The first-order valence-corrected chi connectivity index (χ1v) is 5.15. The van der Waals surface area contributed by atoms with Gasteiger partial charge < -0.3 is 10.1 Å². The van der Waals surface area contributed by atoms with Gasteiger partial charge in [0.2, 0.25) is 0 Å². The summed E-state index contributed by atoms with van der Waals surface area (Å²) in [5, 5.41) is 3.32. The normalized spacial score (nSPS) is 28.8. The monoisotopic (exact) mass is 169 g/mol. The lowest BCUT2D eigenvalue weighted by Crippen LogP contribution is -2.51. The maximum atomic E-state index is 5.60. The maximum Gasteiger partial charge on any atom is 0.0651 e. The van der Waals surface area contributed by atoms with Crippen LogP contribution in [0, 0.1) is 11.8 Å². The highest BCUT2D eigenvalue weighted by Gasteiger charge is 2.34. The summed E-state index contributed by atoms with van der Waals surface area (Å²) >= 11 is 0. The molecule has 1 atom stereocenters. The van der Waals surface area contributed by atoms with Crippen LogP contribution in [0.3, 0.4) is 0 Å². The van der Waals surface area contributed by atoms with E-state index in [0.717, 1.165) is 11.8 Å². The maximum absolute atomic E-state index is 5.60. The van der Waals surface area contributed by atoms with Crippen LogP contribution >= 0.6 is 0 Å². The lowest BCUT2D eigenvalue weighted by Gasteiger charge is -2.37. The fourth-order valence-corrected chi connectivity index (χ4v) is 2.60. The van der Waals surface area contributed by atoms with E-state index in [1.807, 2.05) is 7.11 Å². The van der Waals surface area contributed by atoms with Crippen molar-refractivity contribution in [3.63, 3.8) is 0 Å². The Kier molecular flexibility index (Phi) is 2.66. The van der Waals surface area contributed by atoms with Gasteiger partial charge in [-0.3, -0.25) is 0 Å². The molecule has 1 heterocycles. The minimum absolute atomic E-state index is 0.550. The molecule has 0 aromatic rings. The molecule has 0 bridgehead atoms. The zero-order valence-corrected chi connectivity index (χ0v) is 7.88.